The van der Waals surface area contributed by atoms with Crippen molar-refractivity contribution >= 4 is 28.7 Å². The number of nitrogens with one attached hydrogen (secondary N) is 1. The minimum atomic E-state index is -0.0831. The van der Waals surface area contributed by atoms with Crippen LogP contribution in [-0.2, 0) is 16.1 Å². The highest BCUT2D eigenvalue weighted by molar-refractivity contribution is 7.09. The number of thiophene rings is 1. The number of hydrogen-bond donors (Lipinski definition) is 1. The average Bonchev–Trinajstić information content (AvgIpc) is 3.29. The Morgan fingerprint density at radius 1 is 1.31 bits per heavy atom. The molecular formula is C20H24N2O3S. The fourth-order valence-electron chi connectivity index (χ4n) is 3.10. The highest BCUT2D eigenvalue weighted by atomic mass is 32.1. The van der Waals surface area contributed by atoms with Gasteiger partial charge in [0, 0.05) is 35.8 Å². The van der Waals surface area contributed by atoms with Gasteiger partial charge in [-0.3, -0.25) is 14.5 Å². The van der Waals surface area contributed by atoms with Gasteiger partial charge in [-0.1, -0.05) is 18.2 Å². The maximum atomic E-state index is 12.5. The van der Waals surface area contributed by atoms with E-state index in [2.05, 4.69) is 16.3 Å². The van der Waals surface area contributed by atoms with E-state index in [1.807, 2.05) is 11.4 Å². The second kappa shape index (κ2) is 9.07. The highest BCUT2D eigenvalue weighted by Crippen LogP contribution is 2.17. The van der Waals surface area contributed by atoms with Gasteiger partial charge in [0.1, 0.15) is 0 Å². The molecule has 1 fully saturated rings. The predicted octanol–water partition coefficient (Wildman–Crippen LogP) is 3.57. The summed E-state index contributed by atoms with van der Waals surface area (Å²) in [4.78, 5) is 27.4. The lowest BCUT2D eigenvalue weighted by atomic mass is 10.1. The SMILES string of the molecule is CC(=O)c1cccc(NC(=O)CN(Cc2cccs2)CC2CCCO2)c1. The predicted molar refractivity (Wildman–Crippen MR) is 104 cm³/mol. The lowest BCUT2D eigenvalue weighted by molar-refractivity contribution is -0.117. The summed E-state index contributed by atoms with van der Waals surface area (Å²) < 4.78 is 5.74. The van der Waals surface area contributed by atoms with Crippen molar-refractivity contribution in [2.45, 2.75) is 32.4 Å². The van der Waals surface area contributed by atoms with Crippen LogP contribution in [0.25, 0.3) is 0 Å². The van der Waals surface area contributed by atoms with Crippen molar-refractivity contribution < 1.29 is 14.3 Å². The van der Waals surface area contributed by atoms with E-state index in [-0.39, 0.29) is 17.8 Å². The number of carbonyl (C=O) groups is 2. The molecule has 2 heterocycles. The van der Waals surface area contributed by atoms with E-state index in [0.29, 0.717) is 17.8 Å². The number of Topliss-reactive ketones (excluding diaryl/α,β-unsaturated/α-hetero) is 1. The molecule has 1 amide bonds. The summed E-state index contributed by atoms with van der Waals surface area (Å²) >= 11 is 1.69. The van der Waals surface area contributed by atoms with E-state index < -0.39 is 0 Å². The van der Waals surface area contributed by atoms with E-state index in [1.54, 1.807) is 35.6 Å². The molecule has 0 radical (unpaired) electrons. The summed E-state index contributed by atoms with van der Waals surface area (Å²) in [6, 6.07) is 11.2. The van der Waals surface area contributed by atoms with Gasteiger partial charge < -0.3 is 10.1 Å². The number of anilines is 1. The van der Waals surface area contributed by atoms with Crippen molar-refractivity contribution in [3.05, 3.63) is 52.2 Å². The van der Waals surface area contributed by atoms with Gasteiger partial charge in [-0.05, 0) is 43.3 Å². The Kier molecular flexibility index (Phi) is 6.55. The van der Waals surface area contributed by atoms with E-state index in [0.717, 1.165) is 32.5 Å². The van der Waals surface area contributed by atoms with Gasteiger partial charge >= 0.3 is 0 Å². The van der Waals surface area contributed by atoms with Crippen LogP contribution in [0.2, 0.25) is 0 Å². The number of carbonyl (C=O) groups excluding carboxylic acids is 2. The maximum absolute atomic E-state index is 12.5. The molecule has 2 aromatic rings. The third kappa shape index (κ3) is 5.49. The van der Waals surface area contributed by atoms with Crippen LogP contribution in [0.5, 0.6) is 0 Å². The van der Waals surface area contributed by atoms with Crippen molar-refractivity contribution in [1.82, 2.24) is 4.90 Å². The zero-order valence-corrected chi connectivity index (χ0v) is 15.8. The standard InChI is InChI=1S/C20H24N2O3S/c1-15(23)16-5-2-6-17(11-16)21-20(24)14-22(12-18-7-3-9-25-18)13-19-8-4-10-26-19/h2,4-6,8,10-11,18H,3,7,9,12-14H2,1H3,(H,21,24). The summed E-state index contributed by atoms with van der Waals surface area (Å²) in [5, 5.41) is 4.95. The number of nitrogens with zero attached hydrogens (tertiary/aromatic N) is 1. The summed E-state index contributed by atoms with van der Waals surface area (Å²) in [5.41, 5.74) is 1.24. The monoisotopic (exact) mass is 372 g/mol. The minimum absolute atomic E-state index is 0.0150. The molecule has 1 N–H and O–H groups in total. The number of ether oxygens (including phenoxy) is 1. The van der Waals surface area contributed by atoms with E-state index >= 15 is 0 Å². The fraction of sp³-hybridized carbons (Fsp3) is 0.400. The number of benzene rings is 1. The van der Waals surface area contributed by atoms with E-state index in [1.165, 1.54) is 11.8 Å². The van der Waals surface area contributed by atoms with Crippen LogP contribution in [-0.4, -0.2) is 42.4 Å². The van der Waals surface area contributed by atoms with E-state index in [4.69, 9.17) is 4.74 Å². The van der Waals surface area contributed by atoms with Crippen LogP contribution in [0, 0.1) is 0 Å². The lowest BCUT2D eigenvalue weighted by Crippen LogP contribution is -2.37. The fourth-order valence-corrected chi connectivity index (χ4v) is 3.85. The molecule has 0 aliphatic carbocycles. The largest absolute Gasteiger partial charge is 0.377 e. The molecule has 1 unspecified atom stereocenters. The summed E-state index contributed by atoms with van der Waals surface area (Å²) in [6.07, 6.45) is 2.33. The number of amides is 1. The second-order valence-electron chi connectivity index (χ2n) is 6.57. The van der Waals surface area contributed by atoms with Gasteiger partial charge in [0.25, 0.3) is 0 Å². The first kappa shape index (κ1) is 18.8. The Hall–Kier alpha value is -2.02. The van der Waals surface area contributed by atoms with Crippen molar-refractivity contribution in [1.29, 1.82) is 0 Å². The summed E-state index contributed by atoms with van der Waals surface area (Å²) in [5.74, 6) is -0.0981. The molecule has 1 aromatic heterocycles. The van der Waals surface area contributed by atoms with Gasteiger partial charge in [-0.15, -0.1) is 11.3 Å². The smallest absolute Gasteiger partial charge is 0.238 e. The molecule has 0 spiro atoms. The molecule has 1 aromatic carbocycles. The second-order valence-corrected chi connectivity index (χ2v) is 7.60. The lowest BCUT2D eigenvalue weighted by Gasteiger charge is -2.24. The van der Waals surface area contributed by atoms with Crippen molar-refractivity contribution in [2.24, 2.45) is 0 Å². The quantitative estimate of drug-likeness (QED) is 0.720. The molecule has 1 saturated heterocycles. The van der Waals surface area contributed by atoms with Crippen LogP contribution in [0.15, 0.2) is 41.8 Å². The maximum Gasteiger partial charge on any atom is 0.238 e. The van der Waals surface area contributed by atoms with Crippen molar-refractivity contribution in [3.63, 3.8) is 0 Å². The van der Waals surface area contributed by atoms with Gasteiger partial charge in [-0.25, -0.2) is 0 Å². The van der Waals surface area contributed by atoms with Crippen LogP contribution >= 0.6 is 11.3 Å². The Morgan fingerprint density at radius 3 is 2.88 bits per heavy atom. The zero-order valence-electron chi connectivity index (χ0n) is 14.9. The van der Waals surface area contributed by atoms with Gasteiger partial charge in [0.15, 0.2) is 5.78 Å². The Balaban J connectivity index is 1.62. The Morgan fingerprint density at radius 2 is 2.19 bits per heavy atom. The third-order valence-electron chi connectivity index (χ3n) is 4.37. The average molecular weight is 372 g/mol. The molecule has 1 aliphatic heterocycles. The summed E-state index contributed by atoms with van der Waals surface area (Å²) in [6.45, 7) is 4.10. The molecule has 1 atom stereocenters. The highest BCUT2D eigenvalue weighted by Gasteiger charge is 2.21. The topological polar surface area (TPSA) is 58.6 Å². The molecule has 0 bridgehead atoms. The normalized spacial score (nSPS) is 16.8. The number of hydrogen-bond acceptors (Lipinski definition) is 5. The molecular weight excluding hydrogens is 348 g/mol. The van der Waals surface area contributed by atoms with Crippen LogP contribution in [0.1, 0.15) is 35.0 Å². The first-order valence-corrected chi connectivity index (χ1v) is 9.75. The van der Waals surface area contributed by atoms with Crippen molar-refractivity contribution in [2.75, 3.05) is 25.0 Å². The van der Waals surface area contributed by atoms with Crippen LogP contribution in [0.3, 0.4) is 0 Å². The number of rotatable bonds is 8. The molecule has 3 rings (SSSR count). The molecule has 6 heteroatoms. The van der Waals surface area contributed by atoms with Crippen molar-refractivity contribution in [3.8, 4) is 0 Å². The molecule has 138 valence electrons. The Bertz CT molecular complexity index is 739. The van der Waals surface area contributed by atoms with E-state index in [9.17, 15) is 9.59 Å². The molecule has 5 nitrogen and oxygen atoms in total. The molecule has 0 saturated carbocycles. The summed E-state index contributed by atoms with van der Waals surface area (Å²) in [7, 11) is 0. The van der Waals surface area contributed by atoms with Gasteiger partial charge in [0.05, 0.1) is 12.6 Å². The van der Waals surface area contributed by atoms with Crippen LogP contribution in [0.4, 0.5) is 5.69 Å². The molecule has 26 heavy (non-hydrogen) atoms. The zero-order chi connectivity index (χ0) is 18.4. The first-order chi connectivity index (χ1) is 12.6. The van der Waals surface area contributed by atoms with Gasteiger partial charge in [0.2, 0.25) is 5.91 Å². The van der Waals surface area contributed by atoms with Crippen LogP contribution < -0.4 is 5.32 Å². The molecule has 1 aliphatic rings. The minimum Gasteiger partial charge on any atom is -0.377 e. The first-order valence-electron chi connectivity index (χ1n) is 8.87. The van der Waals surface area contributed by atoms with Gasteiger partial charge in [-0.2, -0.15) is 0 Å². The number of ketones is 1. The Labute approximate surface area is 158 Å². The third-order valence-corrected chi connectivity index (χ3v) is 5.23.